The first-order valence-electron chi connectivity index (χ1n) is 6.28. The number of amides is 1. The predicted molar refractivity (Wildman–Crippen MR) is 71.9 cm³/mol. The van der Waals surface area contributed by atoms with Crippen LogP contribution in [0.2, 0.25) is 0 Å². The molecule has 1 saturated heterocycles. The van der Waals surface area contributed by atoms with E-state index in [1.165, 1.54) is 0 Å². The summed E-state index contributed by atoms with van der Waals surface area (Å²) in [6, 6.07) is 4.82. The average Bonchev–Trinajstić information content (AvgIpc) is 2.48. The van der Waals surface area contributed by atoms with Crippen molar-refractivity contribution in [2.24, 2.45) is 0 Å². The number of H-pyrrole nitrogens is 2. The van der Waals surface area contributed by atoms with Gasteiger partial charge in [-0.2, -0.15) is 0 Å². The van der Waals surface area contributed by atoms with Crippen molar-refractivity contribution < 1.29 is 9.53 Å². The second kappa shape index (κ2) is 4.93. The Morgan fingerprint density at radius 3 is 2.40 bits per heavy atom. The van der Waals surface area contributed by atoms with Crippen molar-refractivity contribution in [3.63, 3.8) is 0 Å². The van der Waals surface area contributed by atoms with Gasteiger partial charge in [0.2, 0.25) is 0 Å². The normalized spacial score (nSPS) is 15.5. The molecule has 0 radical (unpaired) electrons. The van der Waals surface area contributed by atoms with Gasteiger partial charge in [0.25, 0.3) is 5.91 Å². The van der Waals surface area contributed by atoms with Gasteiger partial charge < -0.3 is 19.6 Å². The van der Waals surface area contributed by atoms with Crippen LogP contribution in [-0.2, 0) is 4.74 Å². The Morgan fingerprint density at radius 1 is 1.05 bits per heavy atom. The molecule has 20 heavy (non-hydrogen) atoms. The summed E-state index contributed by atoms with van der Waals surface area (Å²) in [5.74, 6) is -0.109. The zero-order chi connectivity index (χ0) is 14.1. The molecule has 1 aromatic carbocycles. The minimum atomic E-state index is -0.728. The van der Waals surface area contributed by atoms with Crippen molar-refractivity contribution in [1.29, 1.82) is 0 Å². The van der Waals surface area contributed by atoms with Crippen LogP contribution in [0.15, 0.2) is 27.8 Å². The Hall–Kier alpha value is -2.41. The molecule has 0 atom stereocenters. The van der Waals surface area contributed by atoms with Gasteiger partial charge >= 0.3 is 11.1 Å². The maximum atomic E-state index is 12.3. The van der Waals surface area contributed by atoms with Gasteiger partial charge in [-0.1, -0.05) is 0 Å². The van der Waals surface area contributed by atoms with E-state index in [4.69, 9.17) is 4.74 Å². The minimum absolute atomic E-state index is 0.109. The van der Waals surface area contributed by atoms with Crippen molar-refractivity contribution in [3.8, 4) is 0 Å². The first kappa shape index (κ1) is 12.6. The number of ether oxygens (including phenoxy) is 1. The van der Waals surface area contributed by atoms with E-state index in [-0.39, 0.29) is 5.91 Å². The number of rotatable bonds is 1. The van der Waals surface area contributed by atoms with Gasteiger partial charge in [0, 0.05) is 18.7 Å². The van der Waals surface area contributed by atoms with Crippen LogP contribution in [0.3, 0.4) is 0 Å². The SMILES string of the molecule is O=C(c1ccc2[nH]c(=O)c(=O)[nH]c2c1)N1CCOCC1. The molecule has 0 saturated carbocycles. The fraction of sp³-hybridized carbons (Fsp3) is 0.308. The molecular formula is C13H13N3O4. The largest absolute Gasteiger partial charge is 0.378 e. The molecule has 2 aromatic rings. The van der Waals surface area contributed by atoms with Gasteiger partial charge in [-0.3, -0.25) is 14.4 Å². The van der Waals surface area contributed by atoms with Crippen LogP contribution >= 0.6 is 0 Å². The van der Waals surface area contributed by atoms with E-state index >= 15 is 0 Å². The van der Waals surface area contributed by atoms with Crippen molar-refractivity contribution in [2.75, 3.05) is 26.3 Å². The second-order valence-electron chi connectivity index (χ2n) is 4.57. The second-order valence-corrected chi connectivity index (χ2v) is 4.57. The highest BCUT2D eigenvalue weighted by atomic mass is 16.5. The molecule has 104 valence electrons. The number of fused-ring (bicyclic) bond motifs is 1. The lowest BCUT2D eigenvalue weighted by Crippen LogP contribution is -2.40. The van der Waals surface area contributed by atoms with E-state index in [2.05, 4.69) is 9.97 Å². The van der Waals surface area contributed by atoms with Crippen LogP contribution in [0, 0.1) is 0 Å². The minimum Gasteiger partial charge on any atom is -0.378 e. The van der Waals surface area contributed by atoms with Crippen LogP contribution in [0.25, 0.3) is 11.0 Å². The first-order valence-corrected chi connectivity index (χ1v) is 6.28. The molecule has 2 N–H and O–H groups in total. The van der Waals surface area contributed by atoms with Crippen LogP contribution in [-0.4, -0.2) is 47.1 Å². The number of hydrogen-bond acceptors (Lipinski definition) is 4. The summed E-state index contributed by atoms with van der Waals surface area (Å²) in [5.41, 5.74) is -0.0258. The molecule has 0 unspecified atom stereocenters. The van der Waals surface area contributed by atoms with Crippen LogP contribution < -0.4 is 11.1 Å². The maximum Gasteiger partial charge on any atom is 0.314 e. The first-order chi connectivity index (χ1) is 9.65. The molecule has 1 aliphatic rings. The molecule has 0 spiro atoms. The van der Waals surface area contributed by atoms with E-state index in [0.717, 1.165) is 0 Å². The zero-order valence-electron chi connectivity index (χ0n) is 10.6. The summed E-state index contributed by atoms with van der Waals surface area (Å²) in [7, 11) is 0. The Kier molecular flexibility index (Phi) is 3.11. The molecule has 1 amide bonds. The fourth-order valence-electron chi connectivity index (χ4n) is 2.20. The van der Waals surface area contributed by atoms with Gasteiger partial charge in [0.15, 0.2) is 0 Å². The smallest absolute Gasteiger partial charge is 0.314 e. The number of carbonyl (C=O) groups is 1. The van der Waals surface area contributed by atoms with E-state index < -0.39 is 11.1 Å². The lowest BCUT2D eigenvalue weighted by Gasteiger charge is -2.26. The molecule has 1 fully saturated rings. The monoisotopic (exact) mass is 275 g/mol. The average molecular weight is 275 g/mol. The quantitative estimate of drug-likeness (QED) is 0.698. The number of carbonyl (C=O) groups excluding carboxylic acids is 1. The summed E-state index contributed by atoms with van der Waals surface area (Å²) >= 11 is 0. The zero-order valence-corrected chi connectivity index (χ0v) is 10.6. The van der Waals surface area contributed by atoms with E-state index in [0.29, 0.717) is 42.9 Å². The summed E-state index contributed by atoms with van der Waals surface area (Å²) in [5, 5.41) is 0. The highest BCUT2D eigenvalue weighted by Crippen LogP contribution is 2.12. The van der Waals surface area contributed by atoms with Crippen molar-refractivity contribution in [3.05, 3.63) is 44.5 Å². The molecular weight excluding hydrogens is 262 g/mol. The summed E-state index contributed by atoms with van der Waals surface area (Å²) in [6.45, 7) is 2.17. The Labute approximate surface area is 113 Å². The van der Waals surface area contributed by atoms with Gasteiger partial charge in [0.1, 0.15) is 0 Å². The Balaban J connectivity index is 1.99. The number of aromatic nitrogens is 2. The molecule has 7 heteroatoms. The molecule has 2 heterocycles. The number of morpholine rings is 1. The number of nitrogens with one attached hydrogen (secondary N) is 2. The molecule has 0 aliphatic carbocycles. The van der Waals surface area contributed by atoms with Crippen molar-refractivity contribution in [1.82, 2.24) is 14.9 Å². The number of hydrogen-bond donors (Lipinski definition) is 2. The highest BCUT2D eigenvalue weighted by molar-refractivity contribution is 5.97. The fourth-order valence-corrected chi connectivity index (χ4v) is 2.20. The summed E-state index contributed by atoms with van der Waals surface area (Å²) in [6.07, 6.45) is 0. The van der Waals surface area contributed by atoms with Gasteiger partial charge in [-0.25, -0.2) is 0 Å². The van der Waals surface area contributed by atoms with Gasteiger partial charge in [0.05, 0.1) is 24.2 Å². The van der Waals surface area contributed by atoms with Crippen molar-refractivity contribution >= 4 is 16.9 Å². The topological polar surface area (TPSA) is 95.3 Å². The summed E-state index contributed by atoms with van der Waals surface area (Å²) < 4.78 is 5.20. The van der Waals surface area contributed by atoms with Crippen molar-refractivity contribution in [2.45, 2.75) is 0 Å². The lowest BCUT2D eigenvalue weighted by molar-refractivity contribution is 0.0303. The number of aromatic amines is 2. The molecule has 0 bridgehead atoms. The van der Waals surface area contributed by atoms with Crippen LogP contribution in [0.4, 0.5) is 0 Å². The van der Waals surface area contributed by atoms with E-state index in [1.807, 2.05) is 0 Å². The molecule has 1 aliphatic heterocycles. The summed E-state index contributed by atoms with van der Waals surface area (Å²) in [4.78, 5) is 41.4. The molecule has 1 aromatic heterocycles. The molecule has 7 nitrogen and oxygen atoms in total. The predicted octanol–water partition coefficient (Wildman–Crippen LogP) is -0.311. The maximum absolute atomic E-state index is 12.3. The molecule has 3 rings (SSSR count). The van der Waals surface area contributed by atoms with E-state index in [1.54, 1.807) is 23.1 Å². The standard InChI is InChI=1S/C13H13N3O4/c17-11-12(18)15-10-7-8(1-2-9(10)14-11)13(19)16-3-5-20-6-4-16/h1-2,7H,3-6H2,(H,14,17)(H,15,18). The Bertz CT molecular complexity index is 771. The van der Waals surface area contributed by atoms with Crippen LogP contribution in [0.5, 0.6) is 0 Å². The lowest BCUT2D eigenvalue weighted by atomic mass is 10.1. The third kappa shape index (κ3) is 2.23. The highest BCUT2D eigenvalue weighted by Gasteiger charge is 2.18. The number of nitrogens with zero attached hydrogens (tertiary/aromatic N) is 1. The third-order valence-corrected chi connectivity index (χ3v) is 3.27. The Morgan fingerprint density at radius 2 is 1.70 bits per heavy atom. The van der Waals surface area contributed by atoms with Crippen LogP contribution in [0.1, 0.15) is 10.4 Å². The van der Waals surface area contributed by atoms with E-state index in [9.17, 15) is 14.4 Å². The third-order valence-electron chi connectivity index (χ3n) is 3.27. The van der Waals surface area contributed by atoms with Gasteiger partial charge in [-0.05, 0) is 18.2 Å². The number of benzene rings is 1. The van der Waals surface area contributed by atoms with Gasteiger partial charge in [-0.15, -0.1) is 0 Å².